The summed E-state index contributed by atoms with van der Waals surface area (Å²) in [6.45, 7) is 2.25. The maximum atomic E-state index is 13.4. The summed E-state index contributed by atoms with van der Waals surface area (Å²) in [6.07, 6.45) is -0.0787. The van der Waals surface area contributed by atoms with Gasteiger partial charge in [-0.2, -0.15) is 0 Å². The molecule has 38 heavy (non-hydrogen) atoms. The Hall–Kier alpha value is -4.18. The van der Waals surface area contributed by atoms with Crippen LogP contribution in [-0.2, 0) is 20.9 Å². The average Bonchev–Trinajstić information content (AvgIpc) is 3.19. The highest BCUT2D eigenvalue weighted by Crippen LogP contribution is 2.33. The molecule has 0 unspecified atom stereocenters. The van der Waals surface area contributed by atoms with Gasteiger partial charge in [-0.3, -0.25) is 14.5 Å². The van der Waals surface area contributed by atoms with E-state index in [1.54, 1.807) is 50.4 Å². The quantitative estimate of drug-likeness (QED) is 0.380. The minimum Gasteiger partial charge on any atom is -0.497 e. The molecule has 8 nitrogen and oxygen atoms in total. The monoisotopic (exact) mass is 535 g/mol. The van der Waals surface area contributed by atoms with E-state index in [4.69, 9.17) is 9.47 Å². The van der Waals surface area contributed by atoms with E-state index in [1.807, 2.05) is 12.1 Å². The number of aliphatic imine (C=N–C) groups is 1. The molecule has 1 aliphatic rings. The van der Waals surface area contributed by atoms with Gasteiger partial charge in [0.05, 0.1) is 31.5 Å². The maximum Gasteiger partial charge on any atom is 0.338 e. The van der Waals surface area contributed by atoms with E-state index in [2.05, 4.69) is 10.3 Å². The van der Waals surface area contributed by atoms with Gasteiger partial charge >= 0.3 is 5.97 Å². The van der Waals surface area contributed by atoms with Gasteiger partial charge in [-0.1, -0.05) is 23.9 Å². The molecule has 10 heteroatoms. The number of esters is 1. The number of ether oxygens (including phenoxy) is 2. The van der Waals surface area contributed by atoms with Crippen molar-refractivity contribution in [3.05, 3.63) is 89.7 Å². The maximum absolute atomic E-state index is 13.4. The fraction of sp³-hybridized carbons (Fsp3) is 0.214. The van der Waals surface area contributed by atoms with Gasteiger partial charge in [0.1, 0.15) is 16.8 Å². The minimum absolute atomic E-state index is 0.0787. The van der Waals surface area contributed by atoms with Crippen LogP contribution in [0.15, 0.2) is 77.8 Å². The smallest absolute Gasteiger partial charge is 0.338 e. The minimum atomic E-state index is -0.689. The molecular weight excluding hydrogens is 509 g/mol. The van der Waals surface area contributed by atoms with Crippen LogP contribution in [0.25, 0.3) is 0 Å². The first kappa shape index (κ1) is 26.9. The topological polar surface area (TPSA) is 97.3 Å². The Kier molecular flexibility index (Phi) is 8.75. The van der Waals surface area contributed by atoms with Crippen molar-refractivity contribution in [3.8, 4) is 5.75 Å². The van der Waals surface area contributed by atoms with Crippen molar-refractivity contribution in [2.45, 2.75) is 25.1 Å². The van der Waals surface area contributed by atoms with Gasteiger partial charge in [-0.25, -0.2) is 14.2 Å². The predicted octanol–water partition coefficient (Wildman–Crippen LogP) is 5.17. The van der Waals surface area contributed by atoms with Gasteiger partial charge in [-0.15, -0.1) is 0 Å². The zero-order chi connectivity index (χ0) is 27.1. The number of carbonyl (C=O) groups is 3. The molecule has 196 valence electrons. The first-order chi connectivity index (χ1) is 18.4. The summed E-state index contributed by atoms with van der Waals surface area (Å²) in [5.41, 5.74) is 2.22. The zero-order valence-electron chi connectivity index (χ0n) is 20.8. The summed E-state index contributed by atoms with van der Waals surface area (Å²) in [5.74, 6) is -0.736. The summed E-state index contributed by atoms with van der Waals surface area (Å²) in [6, 6.07) is 19.3. The second-order valence-electron chi connectivity index (χ2n) is 8.30. The number of nitrogens with one attached hydrogen (secondary N) is 1. The number of benzene rings is 3. The van der Waals surface area contributed by atoms with Crippen LogP contribution in [0, 0.1) is 5.82 Å². The summed E-state index contributed by atoms with van der Waals surface area (Å²) < 4.78 is 23.5. The lowest BCUT2D eigenvalue weighted by atomic mass is 10.2. The van der Waals surface area contributed by atoms with Crippen LogP contribution < -0.4 is 10.1 Å². The lowest BCUT2D eigenvalue weighted by Gasteiger charge is -2.17. The third-order valence-corrected chi connectivity index (χ3v) is 6.80. The molecule has 0 spiro atoms. The van der Waals surface area contributed by atoms with Gasteiger partial charge in [0.15, 0.2) is 5.17 Å². The van der Waals surface area contributed by atoms with E-state index >= 15 is 0 Å². The number of amidine groups is 1. The van der Waals surface area contributed by atoms with Crippen LogP contribution in [0.4, 0.5) is 15.8 Å². The normalized spacial score (nSPS) is 16.0. The van der Waals surface area contributed by atoms with Gasteiger partial charge in [0, 0.05) is 12.1 Å². The Morgan fingerprint density at radius 3 is 2.34 bits per heavy atom. The molecule has 2 amide bonds. The number of hydrogen-bond acceptors (Lipinski definition) is 7. The average molecular weight is 536 g/mol. The molecule has 0 aliphatic carbocycles. The Morgan fingerprint density at radius 2 is 1.71 bits per heavy atom. The Bertz CT molecular complexity index is 1330. The molecule has 1 aliphatic heterocycles. The van der Waals surface area contributed by atoms with Crippen molar-refractivity contribution in [1.82, 2.24) is 4.90 Å². The lowest BCUT2D eigenvalue weighted by molar-refractivity contribution is -0.128. The van der Waals surface area contributed by atoms with Crippen LogP contribution in [0.3, 0.4) is 0 Å². The number of amides is 2. The largest absolute Gasteiger partial charge is 0.497 e. The summed E-state index contributed by atoms with van der Waals surface area (Å²) in [7, 11) is 1.58. The van der Waals surface area contributed by atoms with Crippen LogP contribution in [0.1, 0.15) is 29.3 Å². The number of methoxy groups -OCH3 is 1. The number of carbonyl (C=O) groups excluding carboxylic acids is 3. The van der Waals surface area contributed by atoms with Crippen LogP contribution in [0.2, 0.25) is 0 Å². The number of rotatable bonds is 9. The molecule has 1 N–H and O–H groups in total. The van der Waals surface area contributed by atoms with Crippen molar-refractivity contribution in [2.24, 2.45) is 4.99 Å². The van der Waals surface area contributed by atoms with Gasteiger partial charge in [-0.05, 0) is 73.2 Å². The zero-order valence-corrected chi connectivity index (χ0v) is 21.7. The molecule has 0 bridgehead atoms. The number of nitrogens with zero attached hydrogens (tertiary/aromatic N) is 2. The molecule has 1 atom stereocenters. The second kappa shape index (κ2) is 12.4. The van der Waals surface area contributed by atoms with Crippen LogP contribution in [0.5, 0.6) is 5.75 Å². The highest BCUT2D eigenvalue weighted by Gasteiger charge is 2.39. The highest BCUT2D eigenvalue weighted by atomic mass is 32.2. The first-order valence-electron chi connectivity index (χ1n) is 11.9. The number of halogens is 1. The van der Waals surface area contributed by atoms with Crippen molar-refractivity contribution in [3.63, 3.8) is 0 Å². The molecule has 4 rings (SSSR count). The third kappa shape index (κ3) is 6.77. The number of anilines is 1. The number of thioether (sulfide) groups is 1. The lowest BCUT2D eigenvalue weighted by Crippen LogP contribution is -2.33. The van der Waals surface area contributed by atoms with E-state index in [-0.39, 0.29) is 37.2 Å². The summed E-state index contributed by atoms with van der Waals surface area (Å²) in [5, 5.41) is 2.50. The van der Waals surface area contributed by atoms with Gasteiger partial charge < -0.3 is 14.8 Å². The van der Waals surface area contributed by atoms with E-state index in [1.165, 1.54) is 40.9 Å². The SMILES string of the molecule is CCOC(=O)c1ccc(NC(=O)C[C@@H]2SC(=Nc3ccc(F)cc3)N(Cc3ccc(OC)cc3)C2=O)cc1. The summed E-state index contributed by atoms with van der Waals surface area (Å²) in [4.78, 5) is 44.1. The number of hydrogen-bond donors (Lipinski definition) is 1. The molecular formula is C28H26FN3O5S. The van der Waals surface area contributed by atoms with E-state index in [0.29, 0.717) is 27.9 Å². The molecule has 1 saturated heterocycles. The predicted molar refractivity (Wildman–Crippen MR) is 144 cm³/mol. The molecule has 1 heterocycles. The van der Waals surface area contributed by atoms with Gasteiger partial charge in [0.25, 0.3) is 0 Å². The van der Waals surface area contributed by atoms with E-state index in [0.717, 1.165) is 5.56 Å². The molecule has 1 fully saturated rings. The van der Waals surface area contributed by atoms with Crippen LogP contribution >= 0.6 is 11.8 Å². The molecule has 0 radical (unpaired) electrons. The Labute approximate surface area is 223 Å². The molecule has 3 aromatic carbocycles. The third-order valence-electron chi connectivity index (χ3n) is 5.62. The Balaban J connectivity index is 1.48. The van der Waals surface area contributed by atoms with Crippen molar-refractivity contribution < 1.29 is 28.2 Å². The van der Waals surface area contributed by atoms with E-state index < -0.39 is 11.2 Å². The summed E-state index contributed by atoms with van der Waals surface area (Å²) >= 11 is 1.19. The standard InChI is InChI=1S/C28H26FN3O5S/c1-3-37-27(35)19-6-10-21(11-7-19)30-25(33)16-24-26(34)32(17-18-4-14-23(36-2)15-5-18)28(38-24)31-22-12-8-20(29)9-13-22/h4-15,24H,3,16-17H2,1-2H3,(H,30,33)/t24-/m0/s1. The first-order valence-corrected chi connectivity index (χ1v) is 12.8. The fourth-order valence-corrected chi connectivity index (χ4v) is 4.85. The van der Waals surface area contributed by atoms with Crippen molar-refractivity contribution in [2.75, 3.05) is 19.0 Å². The van der Waals surface area contributed by atoms with Crippen molar-refractivity contribution in [1.29, 1.82) is 0 Å². The molecule has 0 aromatic heterocycles. The molecule has 3 aromatic rings. The van der Waals surface area contributed by atoms with E-state index in [9.17, 15) is 18.8 Å². The van der Waals surface area contributed by atoms with Crippen LogP contribution in [-0.4, -0.2) is 46.8 Å². The van der Waals surface area contributed by atoms with Crippen molar-refractivity contribution >= 4 is 46.1 Å². The second-order valence-corrected chi connectivity index (χ2v) is 9.47. The highest BCUT2D eigenvalue weighted by molar-refractivity contribution is 8.15. The molecule has 0 saturated carbocycles. The van der Waals surface area contributed by atoms with Gasteiger partial charge in [0.2, 0.25) is 11.8 Å². The Morgan fingerprint density at radius 1 is 1.03 bits per heavy atom. The fourth-order valence-electron chi connectivity index (χ4n) is 3.69.